The van der Waals surface area contributed by atoms with Crippen LogP contribution in [-0.4, -0.2) is 62.3 Å². The number of carboxylic acid groups (broad SMARTS) is 1. The second kappa shape index (κ2) is 8.17. The number of aromatic nitrogens is 1. The Morgan fingerprint density at radius 2 is 1.82 bits per heavy atom. The molecule has 2 aromatic rings. The first-order valence-corrected chi connectivity index (χ1v) is 11.1. The minimum atomic E-state index is -1.19. The molecular formula is C23H21N5O5S. The Labute approximate surface area is 199 Å². The Hall–Kier alpha value is -3.86. The zero-order chi connectivity index (χ0) is 24.1. The van der Waals surface area contributed by atoms with E-state index in [0.717, 1.165) is 5.56 Å². The number of carbonyl (C=O) groups is 4. The van der Waals surface area contributed by atoms with Crippen LogP contribution in [0.25, 0.3) is 0 Å². The number of primary amides is 1. The van der Waals surface area contributed by atoms with E-state index in [1.54, 1.807) is 36.7 Å². The summed E-state index contributed by atoms with van der Waals surface area (Å²) in [7, 11) is 0. The maximum atomic E-state index is 13.1. The SMILES string of the molecule is NC(=O)c1ccc(NC(=O)N2C[C@H]3CC(C(S)c4ccncc4)=C(C(=O)O)N4C(=O)[C@@H]2[C@@H]34)cc1. The number of hydrogen-bond acceptors (Lipinski definition) is 6. The minimum Gasteiger partial charge on any atom is -0.477 e. The molecule has 4 heterocycles. The van der Waals surface area contributed by atoms with Gasteiger partial charge in [0.15, 0.2) is 0 Å². The highest BCUT2D eigenvalue weighted by Gasteiger charge is 2.64. The average Bonchev–Trinajstić information content (AvgIpc) is 3.20. The lowest BCUT2D eigenvalue weighted by Crippen LogP contribution is -2.69. The predicted octanol–water partition coefficient (Wildman–Crippen LogP) is 1.64. The largest absolute Gasteiger partial charge is 0.477 e. The highest BCUT2D eigenvalue weighted by Crippen LogP contribution is 2.50. The van der Waals surface area contributed by atoms with Gasteiger partial charge in [-0.25, -0.2) is 9.59 Å². The van der Waals surface area contributed by atoms with Crippen LogP contribution in [0.15, 0.2) is 60.1 Å². The standard InChI is InChI=1S/C23H21N5O5S/c24-20(29)12-1-3-14(4-2-12)26-23(33)27-10-13-9-15(19(34)11-5-7-25-8-6-11)17(22(31)32)28-16(13)18(27)21(28)30/h1-8,13,16,18-19,34H,9-10H2,(H2,24,29)(H,26,33)(H,31,32)/t13-,16-,18+,19?/m1/s1. The molecule has 11 heteroatoms. The highest BCUT2D eigenvalue weighted by atomic mass is 32.1. The normalized spacial score (nSPS) is 23.8. The molecule has 0 radical (unpaired) electrons. The molecule has 4 amide bonds. The summed E-state index contributed by atoms with van der Waals surface area (Å²) in [4.78, 5) is 56.3. The van der Waals surface area contributed by atoms with Crippen LogP contribution in [0.5, 0.6) is 0 Å². The second-order valence-electron chi connectivity index (χ2n) is 8.49. The number of rotatable bonds is 5. The Bertz CT molecular complexity index is 1230. The summed E-state index contributed by atoms with van der Waals surface area (Å²) in [6.45, 7) is 0.302. The van der Waals surface area contributed by atoms with E-state index < -0.39 is 35.1 Å². The van der Waals surface area contributed by atoms with Gasteiger partial charge in [-0.15, -0.1) is 0 Å². The summed E-state index contributed by atoms with van der Waals surface area (Å²) in [6, 6.07) is 8.06. The van der Waals surface area contributed by atoms with Gasteiger partial charge in [-0.05, 0) is 54.0 Å². The van der Waals surface area contributed by atoms with Gasteiger partial charge in [0.05, 0.1) is 11.3 Å². The number of β-lactam (4-membered cyclic amide) rings is 1. The Balaban J connectivity index is 1.39. The van der Waals surface area contributed by atoms with Gasteiger partial charge in [-0.3, -0.25) is 19.5 Å². The number of urea groups is 1. The third kappa shape index (κ3) is 3.39. The number of thiol groups is 1. The van der Waals surface area contributed by atoms with E-state index in [1.165, 1.54) is 21.9 Å². The van der Waals surface area contributed by atoms with E-state index in [-0.39, 0.29) is 17.7 Å². The number of anilines is 1. The Morgan fingerprint density at radius 3 is 2.44 bits per heavy atom. The van der Waals surface area contributed by atoms with Crippen molar-refractivity contribution in [2.45, 2.75) is 23.8 Å². The summed E-state index contributed by atoms with van der Waals surface area (Å²) in [5.41, 5.74) is 7.27. The zero-order valence-electron chi connectivity index (χ0n) is 17.8. The van der Waals surface area contributed by atoms with E-state index in [4.69, 9.17) is 5.73 Å². The van der Waals surface area contributed by atoms with Crippen LogP contribution in [0.1, 0.15) is 27.6 Å². The molecule has 0 spiro atoms. The molecule has 34 heavy (non-hydrogen) atoms. The van der Waals surface area contributed by atoms with Gasteiger partial charge in [0, 0.05) is 36.1 Å². The van der Waals surface area contributed by atoms with E-state index in [0.29, 0.717) is 29.8 Å². The number of nitrogens with zero attached hydrogens (tertiary/aromatic N) is 3. The first kappa shape index (κ1) is 22.0. The van der Waals surface area contributed by atoms with Crippen molar-refractivity contribution in [3.05, 3.63) is 71.2 Å². The molecule has 174 valence electrons. The van der Waals surface area contributed by atoms with Crippen LogP contribution in [-0.2, 0) is 9.59 Å². The predicted molar refractivity (Wildman–Crippen MR) is 124 cm³/mol. The minimum absolute atomic E-state index is 0.0522. The van der Waals surface area contributed by atoms with Crippen molar-refractivity contribution in [3.63, 3.8) is 0 Å². The van der Waals surface area contributed by atoms with Crippen molar-refractivity contribution in [2.75, 3.05) is 11.9 Å². The van der Waals surface area contributed by atoms with E-state index >= 15 is 0 Å². The Morgan fingerprint density at radius 1 is 1.15 bits per heavy atom. The lowest BCUT2D eigenvalue weighted by molar-refractivity contribution is -0.155. The maximum absolute atomic E-state index is 13.1. The molecular weight excluding hydrogens is 458 g/mol. The molecule has 2 fully saturated rings. The molecule has 10 nitrogen and oxygen atoms in total. The first-order chi connectivity index (χ1) is 16.3. The molecule has 2 saturated heterocycles. The molecule has 5 rings (SSSR count). The van der Waals surface area contributed by atoms with Crippen LogP contribution in [0.3, 0.4) is 0 Å². The van der Waals surface area contributed by atoms with Gasteiger partial charge in [0.2, 0.25) is 5.91 Å². The molecule has 1 unspecified atom stereocenters. The van der Waals surface area contributed by atoms with Crippen molar-refractivity contribution < 1.29 is 24.3 Å². The monoisotopic (exact) mass is 479 g/mol. The number of nitrogens with two attached hydrogens (primary N) is 1. The number of carbonyl (C=O) groups excluding carboxylic acids is 3. The number of amides is 4. The number of carboxylic acids is 1. The number of aliphatic carboxylic acids is 1. The first-order valence-electron chi connectivity index (χ1n) is 10.6. The number of hydrogen-bond donors (Lipinski definition) is 4. The van der Waals surface area contributed by atoms with E-state index in [1.807, 2.05) is 0 Å². The van der Waals surface area contributed by atoms with Crippen LogP contribution < -0.4 is 11.1 Å². The second-order valence-corrected chi connectivity index (χ2v) is 9.01. The summed E-state index contributed by atoms with van der Waals surface area (Å²) in [5.74, 6) is -2.30. The summed E-state index contributed by atoms with van der Waals surface area (Å²) < 4.78 is 0. The van der Waals surface area contributed by atoms with Crippen molar-refractivity contribution in [1.29, 1.82) is 0 Å². The topological polar surface area (TPSA) is 146 Å². The van der Waals surface area contributed by atoms with Crippen LogP contribution >= 0.6 is 12.6 Å². The molecule has 1 aromatic heterocycles. The molecule has 3 aliphatic rings. The van der Waals surface area contributed by atoms with Crippen LogP contribution in [0, 0.1) is 5.92 Å². The molecule has 4 N–H and O–H groups in total. The fraction of sp³-hybridized carbons (Fsp3) is 0.261. The third-order valence-electron chi connectivity index (χ3n) is 6.63. The molecule has 3 aliphatic heterocycles. The third-order valence-corrected chi connectivity index (χ3v) is 7.24. The lowest BCUT2D eigenvalue weighted by atomic mass is 9.78. The Kier molecular flexibility index (Phi) is 5.28. The van der Waals surface area contributed by atoms with Crippen LogP contribution in [0.2, 0.25) is 0 Å². The molecule has 0 saturated carbocycles. The van der Waals surface area contributed by atoms with Crippen molar-refractivity contribution in [2.24, 2.45) is 11.7 Å². The van der Waals surface area contributed by atoms with Gasteiger partial charge in [-0.2, -0.15) is 12.6 Å². The number of benzene rings is 1. The fourth-order valence-electron chi connectivity index (χ4n) is 5.08. The van der Waals surface area contributed by atoms with Crippen LogP contribution in [0.4, 0.5) is 10.5 Å². The smallest absolute Gasteiger partial charge is 0.352 e. The highest BCUT2D eigenvalue weighted by molar-refractivity contribution is 7.80. The summed E-state index contributed by atoms with van der Waals surface area (Å²) in [6.07, 6.45) is 3.61. The van der Waals surface area contributed by atoms with Crippen molar-refractivity contribution in [3.8, 4) is 0 Å². The van der Waals surface area contributed by atoms with Gasteiger partial charge in [0.1, 0.15) is 11.7 Å². The fourth-order valence-corrected chi connectivity index (χ4v) is 5.48. The average molecular weight is 480 g/mol. The van der Waals surface area contributed by atoms with Crippen molar-refractivity contribution in [1.82, 2.24) is 14.8 Å². The van der Waals surface area contributed by atoms with Gasteiger partial charge < -0.3 is 21.1 Å². The zero-order valence-corrected chi connectivity index (χ0v) is 18.7. The molecule has 1 aromatic carbocycles. The number of likely N-dealkylation sites (tertiary alicyclic amines) is 1. The number of nitrogens with one attached hydrogen (secondary N) is 1. The van der Waals surface area contributed by atoms with E-state index in [9.17, 15) is 24.3 Å². The molecule has 4 atom stereocenters. The maximum Gasteiger partial charge on any atom is 0.352 e. The molecule has 0 bridgehead atoms. The quantitative estimate of drug-likeness (QED) is 0.379. The van der Waals surface area contributed by atoms with E-state index in [2.05, 4.69) is 22.9 Å². The number of pyridine rings is 1. The summed E-state index contributed by atoms with van der Waals surface area (Å²) >= 11 is 4.67. The molecule has 0 aliphatic carbocycles. The van der Waals surface area contributed by atoms with Crippen molar-refractivity contribution >= 4 is 42.1 Å². The lowest BCUT2D eigenvalue weighted by Gasteiger charge is -2.50. The van der Waals surface area contributed by atoms with Gasteiger partial charge in [0.25, 0.3) is 5.91 Å². The van der Waals surface area contributed by atoms with Gasteiger partial charge >= 0.3 is 12.0 Å². The van der Waals surface area contributed by atoms with Gasteiger partial charge in [-0.1, -0.05) is 0 Å². The summed E-state index contributed by atoms with van der Waals surface area (Å²) in [5, 5.41) is 12.2.